The minimum atomic E-state index is -0.0786. The van der Waals surface area contributed by atoms with Gasteiger partial charge >= 0.3 is 0 Å². The van der Waals surface area contributed by atoms with Gasteiger partial charge in [0.2, 0.25) is 0 Å². The van der Waals surface area contributed by atoms with Gasteiger partial charge < -0.3 is 5.32 Å². The Labute approximate surface area is 134 Å². The minimum absolute atomic E-state index is 0.0786. The summed E-state index contributed by atoms with van der Waals surface area (Å²) in [6, 6.07) is 13.7. The molecule has 0 radical (unpaired) electrons. The molecule has 2 rings (SSSR count). The number of halogens is 1. The Morgan fingerprint density at radius 3 is 2.48 bits per heavy atom. The van der Waals surface area contributed by atoms with E-state index in [1.807, 2.05) is 37.3 Å². The maximum atomic E-state index is 12.3. The van der Waals surface area contributed by atoms with E-state index in [0.717, 1.165) is 22.1 Å². The molecule has 0 spiro atoms. The lowest BCUT2D eigenvalue weighted by Gasteiger charge is -2.11. The van der Waals surface area contributed by atoms with E-state index in [1.165, 1.54) is 5.56 Å². The second kappa shape index (κ2) is 6.90. The number of amides is 1. The predicted octanol–water partition coefficient (Wildman–Crippen LogP) is 5.52. The van der Waals surface area contributed by atoms with Crippen LogP contribution in [0.25, 0.3) is 0 Å². The minimum Gasteiger partial charge on any atom is -0.322 e. The molecule has 0 aliphatic heterocycles. The van der Waals surface area contributed by atoms with Crippen LogP contribution in [0.5, 0.6) is 0 Å². The van der Waals surface area contributed by atoms with Gasteiger partial charge in [-0.1, -0.05) is 48.0 Å². The van der Waals surface area contributed by atoms with Crippen molar-refractivity contribution in [3.8, 4) is 0 Å². The third-order valence-corrected chi connectivity index (χ3v) is 4.72. The van der Waals surface area contributed by atoms with E-state index in [1.54, 1.807) is 0 Å². The van der Waals surface area contributed by atoms with E-state index in [4.69, 9.17) is 0 Å². The molecule has 0 aliphatic rings. The second-order valence-corrected chi connectivity index (χ2v) is 6.15. The van der Waals surface area contributed by atoms with Crippen LogP contribution in [0.15, 0.2) is 46.9 Å². The fourth-order valence-corrected chi connectivity index (χ4v) is 2.55. The van der Waals surface area contributed by atoms with Crippen LogP contribution >= 0.6 is 15.9 Å². The van der Waals surface area contributed by atoms with E-state index in [0.29, 0.717) is 11.5 Å². The summed E-state index contributed by atoms with van der Waals surface area (Å²) in [4.78, 5) is 12.3. The lowest BCUT2D eigenvalue weighted by Crippen LogP contribution is -2.13. The van der Waals surface area contributed by atoms with Gasteiger partial charge in [0.1, 0.15) is 0 Å². The second-order valence-electron chi connectivity index (χ2n) is 5.30. The summed E-state index contributed by atoms with van der Waals surface area (Å²) in [7, 11) is 0. The van der Waals surface area contributed by atoms with Crippen LogP contribution < -0.4 is 5.32 Å². The standard InChI is InChI=1S/C18H20BrNO/c1-4-12(2)14-8-10-15(11-9-14)20-18(21)16-6-5-7-17(19)13(16)3/h5-12H,4H2,1-3H3,(H,20,21). The van der Waals surface area contributed by atoms with Crippen LogP contribution in [0.1, 0.15) is 47.7 Å². The third-order valence-electron chi connectivity index (χ3n) is 3.86. The summed E-state index contributed by atoms with van der Waals surface area (Å²) in [5.41, 5.74) is 3.77. The molecule has 0 aliphatic carbocycles. The molecule has 2 aromatic carbocycles. The Morgan fingerprint density at radius 1 is 1.19 bits per heavy atom. The first-order valence-corrected chi connectivity index (χ1v) is 7.98. The maximum absolute atomic E-state index is 12.3. The lowest BCUT2D eigenvalue weighted by atomic mass is 9.98. The molecule has 0 bridgehead atoms. The number of carbonyl (C=O) groups is 1. The Balaban J connectivity index is 2.14. The van der Waals surface area contributed by atoms with Crippen molar-refractivity contribution in [2.75, 3.05) is 5.32 Å². The zero-order valence-corrected chi connectivity index (χ0v) is 14.2. The van der Waals surface area contributed by atoms with Gasteiger partial charge in [-0.15, -0.1) is 0 Å². The molecule has 2 aromatic rings. The van der Waals surface area contributed by atoms with Crippen LogP contribution in [-0.4, -0.2) is 5.91 Å². The van der Waals surface area contributed by atoms with Crippen molar-refractivity contribution in [1.29, 1.82) is 0 Å². The highest BCUT2D eigenvalue weighted by Crippen LogP contribution is 2.22. The van der Waals surface area contributed by atoms with E-state index < -0.39 is 0 Å². The molecule has 1 amide bonds. The fraction of sp³-hybridized carbons (Fsp3) is 0.278. The molecule has 0 saturated heterocycles. The van der Waals surface area contributed by atoms with Crippen LogP contribution in [0, 0.1) is 6.92 Å². The van der Waals surface area contributed by atoms with Crippen LogP contribution in [0.2, 0.25) is 0 Å². The Hall–Kier alpha value is -1.61. The molecule has 1 atom stereocenters. The molecule has 1 N–H and O–H groups in total. The van der Waals surface area contributed by atoms with Gasteiger partial charge in [-0.2, -0.15) is 0 Å². The Bertz CT molecular complexity index is 634. The van der Waals surface area contributed by atoms with Crippen LogP contribution in [0.3, 0.4) is 0 Å². The van der Waals surface area contributed by atoms with E-state index >= 15 is 0 Å². The van der Waals surface area contributed by atoms with Crippen LogP contribution in [-0.2, 0) is 0 Å². The smallest absolute Gasteiger partial charge is 0.255 e. The highest BCUT2D eigenvalue weighted by atomic mass is 79.9. The zero-order chi connectivity index (χ0) is 15.4. The van der Waals surface area contributed by atoms with Gasteiger partial charge in [-0.25, -0.2) is 0 Å². The van der Waals surface area contributed by atoms with Gasteiger partial charge in [0.05, 0.1) is 0 Å². The Morgan fingerprint density at radius 2 is 1.86 bits per heavy atom. The molecular weight excluding hydrogens is 326 g/mol. The van der Waals surface area contributed by atoms with Crippen molar-refractivity contribution in [1.82, 2.24) is 0 Å². The molecule has 110 valence electrons. The number of anilines is 1. The average Bonchev–Trinajstić information content (AvgIpc) is 2.50. The van der Waals surface area contributed by atoms with Crippen LogP contribution in [0.4, 0.5) is 5.69 Å². The highest BCUT2D eigenvalue weighted by molar-refractivity contribution is 9.10. The van der Waals surface area contributed by atoms with Gasteiger partial charge in [-0.3, -0.25) is 4.79 Å². The van der Waals surface area contributed by atoms with Gasteiger partial charge in [0, 0.05) is 15.7 Å². The summed E-state index contributed by atoms with van der Waals surface area (Å²) < 4.78 is 0.947. The molecule has 21 heavy (non-hydrogen) atoms. The normalized spacial score (nSPS) is 12.0. The topological polar surface area (TPSA) is 29.1 Å². The zero-order valence-electron chi connectivity index (χ0n) is 12.6. The number of benzene rings is 2. The summed E-state index contributed by atoms with van der Waals surface area (Å²) in [6.45, 7) is 6.32. The molecule has 0 aromatic heterocycles. The van der Waals surface area contributed by atoms with Gasteiger partial charge in [-0.05, 0) is 54.7 Å². The number of carbonyl (C=O) groups excluding carboxylic acids is 1. The van der Waals surface area contributed by atoms with Crippen molar-refractivity contribution in [3.63, 3.8) is 0 Å². The van der Waals surface area contributed by atoms with Gasteiger partial charge in [0.25, 0.3) is 5.91 Å². The molecule has 0 fully saturated rings. The largest absolute Gasteiger partial charge is 0.322 e. The summed E-state index contributed by atoms with van der Waals surface area (Å²) >= 11 is 3.45. The quantitative estimate of drug-likeness (QED) is 0.776. The summed E-state index contributed by atoms with van der Waals surface area (Å²) in [5.74, 6) is 0.465. The van der Waals surface area contributed by atoms with E-state index in [-0.39, 0.29) is 5.91 Å². The summed E-state index contributed by atoms with van der Waals surface area (Å²) in [5, 5.41) is 2.95. The predicted molar refractivity (Wildman–Crippen MR) is 92.0 cm³/mol. The Kier molecular flexibility index (Phi) is 5.18. The maximum Gasteiger partial charge on any atom is 0.255 e. The first kappa shape index (κ1) is 15.8. The first-order chi connectivity index (χ1) is 10.0. The molecule has 0 saturated carbocycles. The molecular formula is C18H20BrNO. The number of hydrogen-bond donors (Lipinski definition) is 1. The lowest BCUT2D eigenvalue weighted by molar-refractivity contribution is 0.102. The average molecular weight is 346 g/mol. The number of hydrogen-bond acceptors (Lipinski definition) is 1. The van der Waals surface area contributed by atoms with Gasteiger partial charge in [0.15, 0.2) is 0 Å². The van der Waals surface area contributed by atoms with Crippen molar-refractivity contribution < 1.29 is 4.79 Å². The van der Waals surface area contributed by atoms with E-state index in [9.17, 15) is 4.79 Å². The first-order valence-electron chi connectivity index (χ1n) is 7.19. The van der Waals surface area contributed by atoms with Crippen molar-refractivity contribution in [2.45, 2.75) is 33.1 Å². The highest BCUT2D eigenvalue weighted by Gasteiger charge is 2.11. The van der Waals surface area contributed by atoms with Crippen molar-refractivity contribution in [2.24, 2.45) is 0 Å². The molecule has 1 unspecified atom stereocenters. The van der Waals surface area contributed by atoms with E-state index in [2.05, 4.69) is 47.2 Å². The number of nitrogens with one attached hydrogen (secondary N) is 1. The fourth-order valence-electron chi connectivity index (χ4n) is 2.18. The third kappa shape index (κ3) is 3.73. The molecule has 3 heteroatoms. The van der Waals surface area contributed by atoms with Crippen molar-refractivity contribution >= 4 is 27.5 Å². The SMILES string of the molecule is CCC(C)c1ccc(NC(=O)c2cccc(Br)c2C)cc1. The monoisotopic (exact) mass is 345 g/mol. The van der Waals surface area contributed by atoms with Crippen molar-refractivity contribution in [3.05, 3.63) is 63.6 Å². The molecule has 2 nitrogen and oxygen atoms in total. The summed E-state index contributed by atoms with van der Waals surface area (Å²) in [6.07, 6.45) is 1.11. The number of rotatable bonds is 4. The molecule has 0 heterocycles.